The molecule has 23 heavy (non-hydrogen) atoms. The molecule has 128 valence electrons. The van der Waals surface area contributed by atoms with Crippen LogP contribution in [0.15, 0.2) is 23.1 Å². The monoisotopic (exact) mass is 341 g/mol. The molecule has 7 heteroatoms. The zero-order chi connectivity index (χ0) is 17.0. The molecule has 1 atom stereocenters. The Balaban J connectivity index is 2.35. The average molecular weight is 341 g/mol. The first-order valence-electron chi connectivity index (χ1n) is 7.67. The van der Waals surface area contributed by atoms with E-state index in [1.54, 1.807) is 19.1 Å². The van der Waals surface area contributed by atoms with Crippen LogP contribution < -0.4 is 0 Å². The van der Waals surface area contributed by atoms with Gasteiger partial charge in [-0.3, -0.25) is 0 Å². The van der Waals surface area contributed by atoms with Crippen LogP contribution in [0.4, 0.5) is 0 Å². The van der Waals surface area contributed by atoms with Gasteiger partial charge in [0.15, 0.2) is 0 Å². The van der Waals surface area contributed by atoms with Gasteiger partial charge in [0.2, 0.25) is 10.0 Å². The van der Waals surface area contributed by atoms with Gasteiger partial charge in [-0.15, -0.1) is 0 Å². The molecule has 0 bridgehead atoms. The quantitative estimate of drug-likeness (QED) is 0.738. The normalized spacial score (nSPS) is 18.3. The van der Waals surface area contributed by atoms with Gasteiger partial charge in [0.25, 0.3) is 0 Å². The summed E-state index contributed by atoms with van der Waals surface area (Å²) in [5.41, 5.74) is 0.689. The second-order valence-electron chi connectivity index (χ2n) is 5.61. The van der Waals surface area contributed by atoms with Crippen molar-refractivity contribution in [1.82, 2.24) is 4.31 Å². The fourth-order valence-corrected chi connectivity index (χ4v) is 4.55. The van der Waals surface area contributed by atoms with E-state index in [0.29, 0.717) is 31.9 Å². The van der Waals surface area contributed by atoms with Crippen LogP contribution in [0.25, 0.3) is 0 Å². The average Bonchev–Trinajstić information content (AvgIpc) is 3.04. The lowest BCUT2D eigenvalue weighted by atomic mass is 10.1. The molecular formula is C16H23NO5S. The van der Waals surface area contributed by atoms with Crippen molar-refractivity contribution >= 4 is 16.0 Å². The molecule has 1 aliphatic heterocycles. The molecule has 1 aromatic carbocycles. The number of hydrogen-bond acceptors (Lipinski definition) is 5. The number of rotatable bonds is 6. The predicted octanol–water partition coefficient (Wildman–Crippen LogP) is 1.83. The summed E-state index contributed by atoms with van der Waals surface area (Å²) >= 11 is 0. The molecule has 0 amide bonds. The van der Waals surface area contributed by atoms with Gasteiger partial charge in [-0.1, -0.05) is 13.0 Å². The molecule has 1 aliphatic rings. The van der Waals surface area contributed by atoms with Crippen molar-refractivity contribution in [3.05, 3.63) is 29.3 Å². The molecule has 2 rings (SSSR count). The van der Waals surface area contributed by atoms with Crippen molar-refractivity contribution in [3.63, 3.8) is 0 Å². The van der Waals surface area contributed by atoms with Crippen LogP contribution in [0.5, 0.6) is 0 Å². The number of ether oxygens (including phenoxy) is 2. The first-order chi connectivity index (χ1) is 10.9. The standard InChI is InChI=1S/C16H23NO5S/c1-4-17(10-13-8-9-22-11-13)23(19,20)15-7-5-6-14(12(15)2)16(18)21-3/h5-7,13H,4,8-11H2,1-3H3/t13-/m0/s1. The Morgan fingerprint density at radius 1 is 1.43 bits per heavy atom. The number of hydrogen-bond donors (Lipinski definition) is 0. The second kappa shape index (κ2) is 7.42. The molecule has 0 saturated carbocycles. The van der Waals surface area contributed by atoms with Crippen LogP contribution >= 0.6 is 0 Å². The fourth-order valence-electron chi connectivity index (χ4n) is 2.78. The lowest BCUT2D eigenvalue weighted by molar-refractivity contribution is 0.0599. The SMILES string of the molecule is CCN(C[C@@H]1CCOC1)S(=O)(=O)c1cccc(C(=O)OC)c1C. The summed E-state index contributed by atoms with van der Waals surface area (Å²) in [5, 5.41) is 0. The van der Waals surface area contributed by atoms with Crippen molar-refractivity contribution in [1.29, 1.82) is 0 Å². The van der Waals surface area contributed by atoms with Crippen molar-refractivity contribution in [2.75, 3.05) is 33.4 Å². The highest BCUT2D eigenvalue weighted by Gasteiger charge is 2.30. The lowest BCUT2D eigenvalue weighted by Crippen LogP contribution is -2.36. The number of carbonyl (C=O) groups is 1. The van der Waals surface area contributed by atoms with Crippen LogP contribution in [0.2, 0.25) is 0 Å². The summed E-state index contributed by atoms with van der Waals surface area (Å²) in [6.07, 6.45) is 0.868. The molecular weight excluding hydrogens is 318 g/mol. The maximum atomic E-state index is 13.0. The third-order valence-electron chi connectivity index (χ3n) is 4.15. The highest BCUT2D eigenvalue weighted by Crippen LogP contribution is 2.25. The Kier molecular flexibility index (Phi) is 5.78. The number of benzene rings is 1. The van der Waals surface area contributed by atoms with Gasteiger partial charge in [0, 0.05) is 19.7 Å². The first kappa shape index (κ1) is 17.9. The molecule has 1 aromatic rings. The number of nitrogens with zero attached hydrogens (tertiary/aromatic N) is 1. The molecule has 0 aromatic heterocycles. The smallest absolute Gasteiger partial charge is 0.338 e. The Bertz CT molecular complexity index is 665. The summed E-state index contributed by atoms with van der Waals surface area (Å²) in [5.74, 6) is -0.319. The summed E-state index contributed by atoms with van der Waals surface area (Å²) < 4.78 is 37.4. The third kappa shape index (κ3) is 3.73. The maximum absolute atomic E-state index is 13.0. The molecule has 1 saturated heterocycles. The van der Waals surface area contributed by atoms with Crippen molar-refractivity contribution in [3.8, 4) is 0 Å². The molecule has 0 N–H and O–H groups in total. The van der Waals surface area contributed by atoms with E-state index >= 15 is 0 Å². The molecule has 0 aliphatic carbocycles. The molecule has 0 spiro atoms. The first-order valence-corrected chi connectivity index (χ1v) is 9.11. The predicted molar refractivity (Wildman–Crippen MR) is 85.9 cm³/mol. The topological polar surface area (TPSA) is 72.9 Å². The fraction of sp³-hybridized carbons (Fsp3) is 0.562. The lowest BCUT2D eigenvalue weighted by Gasteiger charge is -2.24. The van der Waals surface area contributed by atoms with Gasteiger partial charge in [0.1, 0.15) is 0 Å². The molecule has 6 nitrogen and oxygen atoms in total. The van der Waals surface area contributed by atoms with E-state index in [-0.39, 0.29) is 16.4 Å². The van der Waals surface area contributed by atoms with Crippen molar-refractivity contribution in [2.45, 2.75) is 25.2 Å². The molecule has 1 heterocycles. The largest absolute Gasteiger partial charge is 0.465 e. The van der Waals surface area contributed by atoms with E-state index in [1.165, 1.54) is 17.5 Å². The van der Waals surface area contributed by atoms with Crippen molar-refractivity contribution in [2.24, 2.45) is 5.92 Å². The van der Waals surface area contributed by atoms with Gasteiger partial charge >= 0.3 is 5.97 Å². The van der Waals surface area contributed by atoms with Gasteiger partial charge in [-0.2, -0.15) is 4.31 Å². The Morgan fingerprint density at radius 2 is 2.17 bits per heavy atom. The molecule has 1 fully saturated rings. The van der Waals surface area contributed by atoms with Gasteiger partial charge in [0.05, 0.1) is 24.2 Å². The minimum Gasteiger partial charge on any atom is -0.465 e. The second-order valence-corrected chi connectivity index (χ2v) is 7.51. The Labute approximate surface area is 137 Å². The zero-order valence-electron chi connectivity index (χ0n) is 13.7. The highest BCUT2D eigenvalue weighted by atomic mass is 32.2. The van der Waals surface area contributed by atoms with Gasteiger partial charge in [-0.05, 0) is 37.0 Å². The number of carbonyl (C=O) groups excluding carboxylic acids is 1. The summed E-state index contributed by atoms with van der Waals surface area (Å²) in [4.78, 5) is 11.9. The van der Waals surface area contributed by atoms with E-state index in [9.17, 15) is 13.2 Å². The van der Waals surface area contributed by atoms with Gasteiger partial charge in [-0.25, -0.2) is 13.2 Å². The zero-order valence-corrected chi connectivity index (χ0v) is 14.6. The molecule has 0 unspecified atom stereocenters. The summed E-state index contributed by atoms with van der Waals surface area (Å²) in [6.45, 7) is 5.52. The van der Waals surface area contributed by atoms with Crippen LogP contribution in [0.1, 0.15) is 29.3 Å². The third-order valence-corrected chi connectivity index (χ3v) is 6.23. The van der Waals surface area contributed by atoms with E-state index in [1.807, 2.05) is 6.92 Å². The van der Waals surface area contributed by atoms with E-state index < -0.39 is 16.0 Å². The highest BCUT2D eigenvalue weighted by molar-refractivity contribution is 7.89. The van der Waals surface area contributed by atoms with Gasteiger partial charge < -0.3 is 9.47 Å². The van der Waals surface area contributed by atoms with E-state index in [2.05, 4.69) is 0 Å². The maximum Gasteiger partial charge on any atom is 0.338 e. The van der Waals surface area contributed by atoms with Crippen LogP contribution in [0.3, 0.4) is 0 Å². The van der Waals surface area contributed by atoms with Crippen LogP contribution in [-0.4, -0.2) is 52.1 Å². The van der Waals surface area contributed by atoms with Crippen molar-refractivity contribution < 1.29 is 22.7 Å². The van der Waals surface area contributed by atoms with Crippen LogP contribution in [0, 0.1) is 12.8 Å². The Morgan fingerprint density at radius 3 is 2.74 bits per heavy atom. The molecule has 0 radical (unpaired) electrons. The number of methoxy groups -OCH3 is 1. The van der Waals surface area contributed by atoms with Crippen LogP contribution in [-0.2, 0) is 19.5 Å². The summed E-state index contributed by atoms with van der Waals surface area (Å²) in [6, 6.07) is 4.67. The van der Waals surface area contributed by atoms with E-state index in [4.69, 9.17) is 9.47 Å². The minimum absolute atomic E-state index is 0.154. The summed E-state index contributed by atoms with van der Waals surface area (Å²) in [7, 11) is -2.38. The van der Waals surface area contributed by atoms with E-state index in [0.717, 1.165) is 6.42 Å². The Hall–Kier alpha value is -1.44. The number of sulfonamides is 1. The minimum atomic E-state index is -3.66. The number of esters is 1.